The van der Waals surface area contributed by atoms with Crippen LogP contribution in [0.2, 0.25) is 0 Å². The minimum absolute atomic E-state index is 0.00419. The van der Waals surface area contributed by atoms with Crippen LogP contribution in [0.25, 0.3) is 0 Å². The monoisotopic (exact) mass is 338 g/mol. The van der Waals surface area contributed by atoms with Crippen molar-refractivity contribution in [1.82, 2.24) is 5.32 Å². The number of ether oxygens (including phenoxy) is 1. The van der Waals surface area contributed by atoms with Crippen LogP contribution >= 0.6 is 0 Å². The fraction of sp³-hybridized carbons (Fsp3) is 0.300. The Bertz CT molecular complexity index is 774. The number of nitrogens with one attached hydrogen (secondary N) is 1. The fourth-order valence-electron chi connectivity index (χ4n) is 2.94. The summed E-state index contributed by atoms with van der Waals surface area (Å²) in [5, 5.41) is 3.02. The van der Waals surface area contributed by atoms with Gasteiger partial charge in [0.05, 0.1) is 24.8 Å². The topological polar surface area (TPSA) is 58.6 Å². The van der Waals surface area contributed by atoms with Crippen molar-refractivity contribution in [2.24, 2.45) is 0 Å². The van der Waals surface area contributed by atoms with E-state index in [4.69, 9.17) is 4.74 Å². The van der Waals surface area contributed by atoms with Gasteiger partial charge in [0.15, 0.2) is 5.78 Å². The lowest BCUT2D eigenvalue weighted by atomic mass is 10.1. The number of benzene rings is 2. The minimum Gasteiger partial charge on any atom is -0.490 e. The molecule has 1 heterocycles. The lowest BCUT2D eigenvalue weighted by Crippen LogP contribution is -2.42. The summed E-state index contributed by atoms with van der Waals surface area (Å²) in [6, 6.07) is 15.1. The molecule has 0 spiro atoms. The zero-order valence-corrected chi connectivity index (χ0v) is 14.5. The molecule has 1 aliphatic heterocycles. The molecule has 1 N–H and O–H groups in total. The van der Waals surface area contributed by atoms with E-state index in [-0.39, 0.29) is 24.3 Å². The predicted molar refractivity (Wildman–Crippen MR) is 97.2 cm³/mol. The molecule has 2 aromatic carbocycles. The van der Waals surface area contributed by atoms with Gasteiger partial charge in [-0.1, -0.05) is 30.3 Å². The maximum Gasteiger partial charge on any atom is 0.239 e. The number of anilines is 1. The van der Waals surface area contributed by atoms with Crippen molar-refractivity contribution in [1.29, 1.82) is 0 Å². The number of rotatable bonds is 5. The van der Waals surface area contributed by atoms with Gasteiger partial charge in [-0.05, 0) is 37.6 Å². The Morgan fingerprint density at radius 2 is 1.96 bits per heavy atom. The molecule has 0 saturated heterocycles. The van der Waals surface area contributed by atoms with E-state index >= 15 is 0 Å². The summed E-state index contributed by atoms with van der Waals surface area (Å²) >= 11 is 0. The van der Waals surface area contributed by atoms with Gasteiger partial charge in [-0.15, -0.1) is 0 Å². The van der Waals surface area contributed by atoms with Gasteiger partial charge in [-0.2, -0.15) is 0 Å². The fourth-order valence-corrected chi connectivity index (χ4v) is 2.94. The zero-order chi connectivity index (χ0) is 17.8. The highest BCUT2D eigenvalue weighted by atomic mass is 16.5. The molecule has 25 heavy (non-hydrogen) atoms. The van der Waals surface area contributed by atoms with Crippen LogP contribution in [0.4, 0.5) is 5.69 Å². The molecule has 1 atom stereocenters. The molecule has 130 valence electrons. The summed E-state index contributed by atoms with van der Waals surface area (Å²) < 4.78 is 5.64. The third-order valence-electron chi connectivity index (χ3n) is 4.34. The van der Waals surface area contributed by atoms with Crippen LogP contribution in [0.5, 0.6) is 5.75 Å². The van der Waals surface area contributed by atoms with E-state index in [9.17, 15) is 9.59 Å². The summed E-state index contributed by atoms with van der Waals surface area (Å²) in [6.45, 7) is 4.86. The summed E-state index contributed by atoms with van der Waals surface area (Å²) in [5.41, 5.74) is 2.48. The predicted octanol–water partition coefficient (Wildman–Crippen LogP) is 2.97. The standard InChI is InChI=1S/C20H22N2O3/c1-14(16-6-4-3-5-7-16)21-20(24)13-22-10-11-25-19-9-8-17(15(2)23)12-18(19)22/h3-9,12,14H,10-11,13H2,1-2H3,(H,21,24). The van der Waals surface area contributed by atoms with E-state index < -0.39 is 0 Å². The van der Waals surface area contributed by atoms with Gasteiger partial charge in [0.1, 0.15) is 12.4 Å². The molecule has 1 unspecified atom stereocenters. The first-order chi connectivity index (χ1) is 12.0. The van der Waals surface area contributed by atoms with E-state index in [1.54, 1.807) is 18.2 Å². The van der Waals surface area contributed by atoms with Gasteiger partial charge in [-0.25, -0.2) is 0 Å². The van der Waals surface area contributed by atoms with Gasteiger partial charge < -0.3 is 15.0 Å². The van der Waals surface area contributed by atoms with Crippen molar-refractivity contribution in [2.75, 3.05) is 24.6 Å². The summed E-state index contributed by atoms with van der Waals surface area (Å²) in [7, 11) is 0. The van der Waals surface area contributed by atoms with Gasteiger partial charge in [-0.3, -0.25) is 9.59 Å². The van der Waals surface area contributed by atoms with E-state index in [0.29, 0.717) is 24.5 Å². The second kappa shape index (κ2) is 7.38. The number of carbonyl (C=O) groups is 2. The van der Waals surface area contributed by atoms with Crippen LogP contribution in [0.1, 0.15) is 35.8 Å². The Morgan fingerprint density at radius 3 is 2.68 bits per heavy atom. The first-order valence-electron chi connectivity index (χ1n) is 8.41. The molecule has 0 fully saturated rings. The van der Waals surface area contributed by atoms with Gasteiger partial charge >= 0.3 is 0 Å². The average molecular weight is 338 g/mol. The smallest absolute Gasteiger partial charge is 0.239 e. The molecule has 0 bridgehead atoms. The van der Waals surface area contributed by atoms with Gasteiger partial charge in [0.2, 0.25) is 5.91 Å². The molecule has 0 radical (unpaired) electrons. The average Bonchev–Trinajstić information content (AvgIpc) is 2.62. The second-order valence-corrected chi connectivity index (χ2v) is 6.21. The van der Waals surface area contributed by atoms with Crippen LogP contribution in [0.15, 0.2) is 48.5 Å². The van der Waals surface area contributed by atoms with Crippen molar-refractivity contribution in [2.45, 2.75) is 19.9 Å². The maximum atomic E-state index is 12.5. The van der Waals surface area contributed by atoms with Crippen LogP contribution in [0.3, 0.4) is 0 Å². The summed E-state index contributed by atoms with van der Waals surface area (Å²) in [5.74, 6) is 0.646. The number of carbonyl (C=O) groups excluding carboxylic acids is 2. The van der Waals surface area contributed by atoms with Crippen molar-refractivity contribution < 1.29 is 14.3 Å². The molecule has 5 heteroatoms. The van der Waals surface area contributed by atoms with Crippen LogP contribution in [-0.2, 0) is 4.79 Å². The van der Waals surface area contributed by atoms with E-state index in [1.807, 2.05) is 42.2 Å². The second-order valence-electron chi connectivity index (χ2n) is 6.21. The molecule has 5 nitrogen and oxygen atoms in total. The lowest BCUT2D eigenvalue weighted by molar-refractivity contribution is -0.120. The number of hydrogen-bond donors (Lipinski definition) is 1. The van der Waals surface area contributed by atoms with E-state index in [0.717, 1.165) is 11.3 Å². The highest BCUT2D eigenvalue weighted by Crippen LogP contribution is 2.32. The normalized spacial score (nSPS) is 14.2. The highest BCUT2D eigenvalue weighted by Gasteiger charge is 2.22. The van der Waals surface area contributed by atoms with Crippen LogP contribution in [0, 0.1) is 0 Å². The number of nitrogens with zero attached hydrogens (tertiary/aromatic N) is 1. The molecular formula is C20H22N2O3. The molecule has 2 aromatic rings. The SMILES string of the molecule is CC(=O)c1ccc2c(c1)N(CC(=O)NC(C)c1ccccc1)CCO2. The number of hydrogen-bond acceptors (Lipinski definition) is 4. The van der Waals surface area contributed by atoms with Crippen molar-refractivity contribution in [3.63, 3.8) is 0 Å². The Labute approximate surface area is 147 Å². The van der Waals surface area contributed by atoms with E-state index in [2.05, 4.69) is 5.32 Å². The molecule has 1 amide bonds. The van der Waals surface area contributed by atoms with Crippen LogP contribution < -0.4 is 15.0 Å². The van der Waals surface area contributed by atoms with Crippen molar-refractivity contribution in [3.05, 3.63) is 59.7 Å². The van der Waals surface area contributed by atoms with Gasteiger partial charge in [0, 0.05) is 5.56 Å². The Hall–Kier alpha value is -2.82. The Kier molecular flexibility index (Phi) is 5.03. The maximum absolute atomic E-state index is 12.5. The number of ketones is 1. The zero-order valence-electron chi connectivity index (χ0n) is 14.5. The molecule has 0 aliphatic carbocycles. The highest BCUT2D eigenvalue weighted by molar-refractivity contribution is 5.96. The van der Waals surface area contributed by atoms with Crippen LogP contribution in [-0.4, -0.2) is 31.4 Å². The van der Waals surface area contributed by atoms with E-state index in [1.165, 1.54) is 6.92 Å². The summed E-state index contributed by atoms with van der Waals surface area (Å²) in [6.07, 6.45) is 0. The minimum atomic E-state index is -0.0579. The Balaban J connectivity index is 1.70. The largest absolute Gasteiger partial charge is 0.490 e. The number of fused-ring (bicyclic) bond motifs is 1. The lowest BCUT2D eigenvalue weighted by Gasteiger charge is -2.31. The third kappa shape index (κ3) is 3.99. The third-order valence-corrected chi connectivity index (χ3v) is 4.34. The quantitative estimate of drug-likeness (QED) is 0.852. The molecule has 1 aliphatic rings. The molecule has 3 rings (SSSR count). The Morgan fingerprint density at radius 1 is 1.20 bits per heavy atom. The first kappa shape index (κ1) is 17.0. The first-order valence-corrected chi connectivity index (χ1v) is 8.41. The van der Waals surface area contributed by atoms with Crippen molar-refractivity contribution in [3.8, 4) is 5.75 Å². The summed E-state index contributed by atoms with van der Waals surface area (Å²) in [4.78, 5) is 26.0. The molecular weight excluding hydrogens is 316 g/mol. The number of Topliss-reactive ketones (excluding diaryl/α,β-unsaturated/α-hetero) is 1. The van der Waals surface area contributed by atoms with Crippen molar-refractivity contribution >= 4 is 17.4 Å². The number of amides is 1. The molecule has 0 aromatic heterocycles. The molecule has 0 saturated carbocycles. The van der Waals surface area contributed by atoms with Gasteiger partial charge in [0.25, 0.3) is 0 Å².